The molecule has 0 spiro atoms. The number of esters is 1. The number of benzene rings is 2. The predicted octanol–water partition coefficient (Wildman–Crippen LogP) is 2.76. The van der Waals surface area contributed by atoms with E-state index in [1.807, 2.05) is 24.3 Å². The summed E-state index contributed by atoms with van der Waals surface area (Å²) in [4.78, 5) is 35.8. The highest BCUT2D eigenvalue weighted by atomic mass is 127. The summed E-state index contributed by atoms with van der Waals surface area (Å²) in [7, 11) is 1.29. The zero-order chi connectivity index (χ0) is 19.1. The Morgan fingerprint density at radius 2 is 1.85 bits per heavy atom. The highest BCUT2D eigenvalue weighted by molar-refractivity contribution is 14.1. The number of carbonyl (C=O) groups excluding carboxylic acids is 3. The van der Waals surface area contributed by atoms with Crippen LogP contribution >= 0.6 is 22.6 Å². The minimum atomic E-state index is -0.810. The highest BCUT2D eigenvalue weighted by Crippen LogP contribution is 2.13. The van der Waals surface area contributed by atoms with Crippen molar-refractivity contribution in [3.8, 4) is 0 Å². The van der Waals surface area contributed by atoms with Gasteiger partial charge in [-0.1, -0.05) is 18.2 Å². The monoisotopic (exact) mass is 466 g/mol. The first-order valence-electron chi connectivity index (χ1n) is 7.90. The van der Waals surface area contributed by atoms with Crippen LogP contribution in [0.3, 0.4) is 0 Å². The van der Waals surface area contributed by atoms with Crippen LogP contribution in [0.25, 0.3) is 0 Å². The zero-order valence-corrected chi connectivity index (χ0v) is 16.6. The molecule has 0 saturated carbocycles. The Balaban J connectivity index is 2.16. The molecule has 0 heterocycles. The molecule has 0 unspecified atom stereocenters. The van der Waals surface area contributed by atoms with Crippen molar-refractivity contribution in [1.29, 1.82) is 0 Å². The van der Waals surface area contributed by atoms with Gasteiger partial charge in [-0.15, -0.1) is 0 Å². The fourth-order valence-electron chi connectivity index (χ4n) is 2.42. The summed E-state index contributed by atoms with van der Waals surface area (Å²) in [6, 6.07) is 13.4. The van der Waals surface area contributed by atoms with Crippen molar-refractivity contribution in [3.63, 3.8) is 0 Å². The molecule has 0 aliphatic rings. The number of amides is 2. The second-order valence-corrected chi connectivity index (χ2v) is 6.89. The Hall–Kier alpha value is -2.42. The van der Waals surface area contributed by atoms with Crippen LogP contribution in [-0.4, -0.2) is 30.9 Å². The van der Waals surface area contributed by atoms with Crippen molar-refractivity contribution in [3.05, 3.63) is 63.2 Å². The van der Waals surface area contributed by atoms with Crippen molar-refractivity contribution in [2.24, 2.45) is 0 Å². The molecule has 0 saturated heterocycles. The Bertz CT molecular complexity index is 823. The van der Waals surface area contributed by atoms with Gasteiger partial charge in [0.2, 0.25) is 5.91 Å². The largest absolute Gasteiger partial charge is 0.467 e. The zero-order valence-electron chi connectivity index (χ0n) is 14.4. The molecule has 2 amide bonds. The minimum absolute atomic E-state index is 0.228. The molecule has 0 aliphatic heterocycles. The Kier molecular flexibility index (Phi) is 7.14. The fraction of sp³-hybridized carbons (Fsp3) is 0.211. The van der Waals surface area contributed by atoms with E-state index in [0.29, 0.717) is 17.7 Å². The summed E-state index contributed by atoms with van der Waals surface area (Å²) < 4.78 is 5.86. The molecular formula is C19H19IN2O4. The molecule has 0 bridgehead atoms. The van der Waals surface area contributed by atoms with Crippen LogP contribution in [0.5, 0.6) is 0 Å². The minimum Gasteiger partial charge on any atom is -0.467 e. The highest BCUT2D eigenvalue weighted by Gasteiger charge is 2.23. The molecule has 1 atom stereocenters. The third-order valence-corrected chi connectivity index (χ3v) is 4.24. The van der Waals surface area contributed by atoms with Crippen molar-refractivity contribution >= 4 is 46.1 Å². The van der Waals surface area contributed by atoms with Crippen LogP contribution in [-0.2, 0) is 20.7 Å². The molecule has 2 N–H and O–H groups in total. The molecule has 0 radical (unpaired) electrons. The first-order chi connectivity index (χ1) is 12.4. The lowest BCUT2D eigenvalue weighted by molar-refractivity contribution is -0.142. The van der Waals surface area contributed by atoms with Crippen LogP contribution in [0, 0.1) is 3.57 Å². The smallest absolute Gasteiger partial charge is 0.328 e. The Morgan fingerprint density at radius 1 is 1.12 bits per heavy atom. The van der Waals surface area contributed by atoms with Gasteiger partial charge in [-0.2, -0.15) is 0 Å². The topological polar surface area (TPSA) is 84.5 Å². The molecule has 0 aromatic heterocycles. The lowest BCUT2D eigenvalue weighted by Gasteiger charge is -2.17. The first-order valence-corrected chi connectivity index (χ1v) is 8.97. The Labute approximate surface area is 165 Å². The van der Waals surface area contributed by atoms with Crippen molar-refractivity contribution in [2.45, 2.75) is 19.4 Å². The van der Waals surface area contributed by atoms with E-state index in [-0.39, 0.29) is 5.91 Å². The number of hydrogen-bond acceptors (Lipinski definition) is 4. The third kappa shape index (κ3) is 5.83. The third-order valence-electron chi connectivity index (χ3n) is 3.57. The van der Waals surface area contributed by atoms with Gasteiger partial charge in [0.05, 0.1) is 7.11 Å². The molecule has 26 heavy (non-hydrogen) atoms. The van der Waals surface area contributed by atoms with Gasteiger partial charge in [0.1, 0.15) is 6.04 Å². The van der Waals surface area contributed by atoms with Gasteiger partial charge >= 0.3 is 5.97 Å². The van der Waals surface area contributed by atoms with Crippen LogP contribution in [0.15, 0.2) is 48.5 Å². The number of carbonyl (C=O) groups is 3. The van der Waals surface area contributed by atoms with Crippen LogP contribution in [0.1, 0.15) is 22.8 Å². The summed E-state index contributed by atoms with van der Waals surface area (Å²) in [6.45, 7) is 1.39. The lowest BCUT2D eigenvalue weighted by atomic mass is 10.1. The maximum atomic E-state index is 12.5. The average Bonchev–Trinajstić information content (AvgIpc) is 2.60. The number of hydrogen-bond donors (Lipinski definition) is 2. The van der Waals surface area contributed by atoms with Crippen molar-refractivity contribution in [2.75, 3.05) is 12.4 Å². The van der Waals surface area contributed by atoms with E-state index in [0.717, 1.165) is 9.13 Å². The maximum absolute atomic E-state index is 12.5. The molecule has 2 rings (SSSR count). The number of anilines is 1. The van der Waals surface area contributed by atoms with E-state index in [1.165, 1.54) is 14.0 Å². The number of nitrogens with one attached hydrogen (secondary N) is 2. The SMILES string of the molecule is COC(=O)[C@H](Cc1cccc(I)c1)NC(=O)c1cccc(NC(C)=O)c1. The van der Waals surface area contributed by atoms with Crippen molar-refractivity contribution < 1.29 is 19.1 Å². The van der Waals surface area contributed by atoms with Gasteiger partial charge in [-0.3, -0.25) is 9.59 Å². The van der Waals surface area contributed by atoms with Crippen LogP contribution < -0.4 is 10.6 Å². The van der Waals surface area contributed by atoms with Gasteiger partial charge in [0, 0.05) is 28.2 Å². The predicted molar refractivity (Wildman–Crippen MR) is 107 cm³/mol. The fourth-order valence-corrected chi connectivity index (χ4v) is 3.03. The van der Waals surface area contributed by atoms with Crippen LogP contribution in [0.2, 0.25) is 0 Å². The molecule has 0 fully saturated rings. The Morgan fingerprint density at radius 3 is 2.50 bits per heavy atom. The lowest BCUT2D eigenvalue weighted by Crippen LogP contribution is -2.43. The molecule has 136 valence electrons. The summed E-state index contributed by atoms with van der Waals surface area (Å²) in [5, 5.41) is 5.33. The molecule has 6 nitrogen and oxygen atoms in total. The van der Waals surface area contributed by atoms with Gasteiger partial charge in [0.25, 0.3) is 5.91 Å². The number of halogens is 1. The summed E-state index contributed by atoms with van der Waals surface area (Å²) >= 11 is 2.19. The van der Waals surface area contributed by atoms with Crippen LogP contribution in [0.4, 0.5) is 5.69 Å². The molecule has 2 aromatic rings. The molecule has 2 aromatic carbocycles. The molecule has 0 aliphatic carbocycles. The average molecular weight is 466 g/mol. The number of ether oxygens (including phenoxy) is 1. The van der Waals surface area contributed by atoms with E-state index in [4.69, 9.17) is 4.74 Å². The normalized spacial score (nSPS) is 11.3. The number of methoxy groups -OCH3 is 1. The first kappa shape index (κ1) is 19.9. The van der Waals surface area contributed by atoms with E-state index in [2.05, 4.69) is 33.2 Å². The van der Waals surface area contributed by atoms with Gasteiger partial charge in [-0.25, -0.2) is 4.79 Å². The van der Waals surface area contributed by atoms with Crippen molar-refractivity contribution in [1.82, 2.24) is 5.32 Å². The van der Waals surface area contributed by atoms with Gasteiger partial charge in [-0.05, 0) is 58.5 Å². The van der Waals surface area contributed by atoms with E-state index in [9.17, 15) is 14.4 Å². The molecular weight excluding hydrogens is 447 g/mol. The van der Waals surface area contributed by atoms with E-state index >= 15 is 0 Å². The second-order valence-electron chi connectivity index (χ2n) is 5.65. The van der Waals surface area contributed by atoms with E-state index in [1.54, 1.807) is 24.3 Å². The van der Waals surface area contributed by atoms with E-state index < -0.39 is 17.9 Å². The summed E-state index contributed by atoms with van der Waals surface area (Å²) in [6.07, 6.45) is 0.320. The van der Waals surface area contributed by atoms with Gasteiger partial charge < -0.3 is 15.4 Å². The molecule has 7 heteroatoms. The van der Waals surface area contributed by atoms with Gasteiger partial charge in [0.15, 0.2) is 0 Å². The second kappa shape index (κ2) is 9.33. The maximum Gasteiger partial charge on any atom is 0.328 e. The number of rotatable bonds is 6. The standard InChI is InChI=1S/C19H19IN2O4/c1-12(23)21-16-8-4-6-14(11-16)18(24)22-17(19(25)26-2)10-13-5-3-7-15(20)9-13/h3-9,11,17H,10H2,1-2H3,(H,21,23)(H,22,24)/t17-/m0/s1. The summed E-state index contributed by atoms with van der Waals surface area (Å²) in [5.74, 6) is -1.16. The summed E-state index contributed by atoms with van der Waals surface area (Å²) in [5.41, 5.74) is 1.77. The quantitative estimate of drug-likeness (QED) is 0.507.